The molecule has 1 unspecified atom stereocenters. The Balaban J connectivity index is 1.94. The molecule has 168 valence electrons. The van der Waals surface area contributed by atoms with E-state index in [1.807, 2.05) is 5.32 Å². The minimum absolute atomic E-state index is 0.0279. The molecule has 32 heavy (non-hydrogen) atoms. The van der Waals surface area contributed by atoms with Gasteiger partial charge < -0.3 is 10.1 Å². The molecule has 2 N–H and O–H groups in total. The highest BCUT2D eigenvalue weighted by atomic mass is 32.1. The summed E-state index contributed by atoms with van der Waals surface area (Å²) in [5.74, 6) is -2.32. The van der Waals surface area contributed by atoms with Crippen molar-refractivity contribution in [2.75, 3.05) is 7.05 Å². The monoisotopic (exact) mass is 467 g/mol. The fourth-order valence-corrected chi connectivity index (χ4v) is 3.20. The van der Waals surface area contributed by atoms with Gasteiger partial charge in [-0.15, -0.1) is 16.4 Å². The second kappa shape index (κ2) is 9.18. The third-order valence-corrected chi connectivity index (χ3v) is 4.93. The van der Waals surface area contributed by atoms with Crippen LogP contribution in [0.15, 0.2) is 41.8 Å². The third kappa shape index (κ3) is 5.11. The number of aromatic nitrogens is 3. The van der Waals surface area contributed by atoms with Crippen LogP contribution >= 0.6 is 11.3 Å². The Morgan fingerprint density at radius 2 is 1.94 bits per heavy atom. The number of amides is 3. The van der Waals surface area contributed by atoms with Crippen molar-refractivity contribution in [3.8, 4) is 16.4 Å². The fraction of sp³-hybridized carbons (Fsp3) is 0.211. The summed E-state index contributed by atoms with van der Waals surface area (Å²) in [6.07, 6.45) is -5.93. The molecule has 0 spiro atoms. The van der Waals surface area contributed by atoms with Crippen molar-refractivity contribution in [1.29, 1.82) is 0 Å². The molecule has 0 aliphatic carbocycles. The molecule has 9 nitrogen and oxygen atoms in total. The van der Waals surface area contributed by atoms with Crippen LogP contribution in [0.3, 0.4) is 0 Å². The van der Waals surface area contributed by atoms with Gasteiger partial charge in [0.05, 0.1) is 16.1 Å². The second-order valence-electron chi connectivity index (χ2n) is 6.31. The van der Waals surface area contributed by atoms with Gasteiger partial charge in [0.25, 0.3) is 11.7 Å². The van der Waals surface area contributed by atoms with Gasteiger partial charge in [-0.3, -0.25) is 10.1 Å². The number of nitrogens with one attached hydrogen (secondary N) is 2. The van der Waals surface area contributed by atoms with Crippen LogP contribution in [0.4, 0.5) is 18.0 Å². The van der Waals surface area contributed by atoms with Crippen LogP contribution in [-0.4, -0.2) is 45.8 Å². The number of thiophene rings is 1. The van der Waals surface area contributed by atoms with E-state index in [9.17, 15) is 27.6 Å². The average molecular weight is 467 g/mol. The maximum Gasteiger partial charge on any atom is 0.416 e. The summed E-state index contributed by atoms with van der Waals surface area (Å²) in [4.78, 5) is 40.3. The summed E-state index contributed by atoms with van der Waals surface area (Å²) in [6, 6.07) is 6.95. The molecule has 3 amide bonds. The number of carbonyl (C=O) groups excluding carboxylic acids is 3. The molecule has 0 radical (unpaired) electrons. The minimum atomic E-state index is -4.57. The van der Waals surface area contributed by atoms with E-state index in [4.69, 9.17) is 4.74 Å². The quantitative estimate of drug-likeness (QED) is 0.558. The zero-order valence-corrected chi connectivity index (χ0v) is 17.5. The highest BCUT2D eigenvalue weighted by Crippen LogP contribution is 2.32. The molecule has 2 heterocycles. The Kier molecular flexibility index (Phi) is 6.58. The molecule has 0 aliphatic heterocycles. The van der Waals surface area contributed by atoms with Gasteiger partial charge in [-0.05, 0) is 36.6 Å². The highest BCUT2D eigenvalue weighted by Gasteiger charge is 2.31. The first-order valence-corrected chi connectivity index (χ1v) is 9.90. The van der Waals surface area contributed by atoms with Crippen LogP contribution in [0.5, 0.6) is 0 Å². The second-order valence-corrected chi connectivity index (χ2v) is 7.26. The third-order valence-electron chi connectivity index (χ3n) is 4.07. The lowest BCUT2D eigenvalue weighted by Crippen LogP contribution is -2.43. The van der Waals surface area contributed by atoms with Gasteiger partial charge in [0, 0.05) is 7.05 Å². The summed E-state index contributed by atoms with van der Waals surface area (Å²) in [5.41, 5.74) is -0.869. The molecular formula is C19H16F3N5O4S. The number of urea groups is 1. The first-order valence-electron chi connectivity index (χ1n) is 9.02. The van der Waals surface area contributed by atoms with Gasteiger partial charge in [0.15, 0.2) is 11.9 Å². The van der Waals surface area contributed by atoms with Crippen molar-refractivity contribution in [2.24, 2.45) is 0 Å². The van der Waals surface area contributed by atoms with Crippen LogP contribution in [0, 0.1) is 0 Å². The van der Waals surface area contributed by atoms with Crippen molar-refractivity contribution < 1.29 is 32.3 Å². The minimum Gasteiger partial charge on any atom is -0.447 e. The molecular weight excluding hydrogens is 451 g/mol. The highest BCUT2D eigenvalue weighted by molar-refractivity contribution is 7.13. The van der Waals surface area contributed by atoms with Gasteiger partial charge >= 0.3 is 18.2 Å². The predicted octanol–water partition coefficient (Wildman–Crippen LogP) is 3.02. The van der Waals surface area contributed by atoms with E-state index < -0.39 is 41.6 Å². The molecule has 0 saturated carbocycles. The SMILES string of the molecule is CNC(=O)NC(=O)C(C)OC(=O)c1nc(-c2cccs2)n(-c2cccc(C(F)(F)F)c2)n1. The van der Waals surface area contributed by atoms with E-state index in [-0.39, 0.29) is 11.5 Å². The van der Waals surface area contributed by atoms with Crippen LogP contribution in [-0.2, 0) is 15.7 Å². The van der Waals surface area contributed by atoms with Gasteiger partial charge in [0.1, 0.15) is 0 Å². The summed E-state index contributed by atoms with van der Waals surface area (Å²) < 4.78 is 45.5. The molecule has 3 aromatic rings. The van der Waals surface area contributed by atoms with E-state index in [1.54, 1.807) is 17.5 Å². The van der Waals surface area contributed by atoms with Gasteiger partial charge in [0.2, 0.25) is 0 Å². The number of alkyl halides is 3. The van der Waals surface area contributed by atoms with E-state index in [0.717, 1.165) is 16.8 Å². The largest absolute Gasteiger partial charge is 0.447 e. The van der Waals surface area contributed by atoms with Crippen molar-refractivity contribution in [1.82, 2.24) is 25.4 Å². The standard InChI is InChI=1S/C19H16F3N5O4S/c1-10(16(28)25-18(30)23-2)31-17(29)14-24-15(13-7-4-8-32-13)27(26-14)12-6-3-5-11(9-12)19(20,21)22/h3-10H,1-2H3,(H2,23,25,28,30). The smallest absolute Gasteiger partial charge is 0.416 e. The summed E-state index contributed by atoms with van der Waals surface area (Å²) >= 11 is 1.24. The van der Waals surface area contributed by atoms with E-state index in [2.05, 4.69) is 15.4 Å². The van der Waals surface area contributed by atoms with Gasteiger partial charge in [-0.1, -0.05) is 12.1 Å². The summed E-state index contributed by atoms with van der Waals surface area (Å²) in [5, 5.41) is 9.87. The predicted molar refractivity (Wildman–Crippen MR) is 107 cm³/mol. The van der Waals surface area contributed by atoms with Crippen molar-refractivity contribution in [3.63, 3.8) is 0 Å². The number of ether oxygens (including phenoxy) is 1. The number of esters is 1. The Morgan fingerprint density at radius 3 is 2.56 bits per heavy atom. The van der Waals surface area contributed by atoms with E-state index in [1.165, 1.54) is 37.4 Å². The Labute approximate surface area is 183 Å². The molecule has 2 aromatic heterocycles. The summed E-state index contributed by atoms with van der Waals surface area (Å²) in [7, 11) is 1.30. The fourth-order valence-electron chi connectivity index (χ4n) is 2.50. The van der Waals surface area contributed by atoms with Gasteiger partial charge in [-0.2, -0.15) is 18.2 Å². The van der Waals surface area contributed by atoms with Crippen LogP contribution in [0.25, 0.3) is 16.4 Å². The van der Waals surface area contributed by atoms with Crippen LogP contribution < -0.4 is 10.6 Å². The molecule has 0 bridgehead atoms. The lowest BCUT2D eigenvalue weighted by Gasteiger charge is -2.11. The lowest BCUT2D eigenvalue weighted by molar-refractivity contribution is -0.137. The van der Waals surface area contributed by atoms with Crippen LogP contribution in [0.1, 0.15) is 23.1 Å². The first kappa shape index (κ1) is 22.9. The zero-order valence-electron chi connectivity index (χ0n) is 16.6. The van der Waals surface area contributed by atoms with Gasteiger partial charge in [-0.25, -0.2) is 14.3 Å². The number of benzene rings is 1. The maximum atomic E-state index is 13.1. The first-order chi connectivity index (χ1) is 15.1. The molecule has 1 aromatic carbocycles. The zero-order chi connectivity index (χ0) is 23.5. The van der Waals surface area contributed by atoms with Crippen LogP contribution in [0.2, 0.25) is 0 Å². The number of rotatable bonds is 5. The van der Waals surface area contributed by atoms with E-state index in [0.29, 0.717) is 4.88 Å². The number of hydrogen-bond acceptors (Lipinski definition) is 7. The average Bonchev–Trinajstić information content (AvgIpc) is 3.42. The number of hydrogen-bond donors (Lipinski definition) is 2. The molecule has 13 heteroatoms. The topological polar surface area (TPSA) is 115 Å². The molecule has 1 atom stereocenters. The normalized spacial score (nSPS) is 12.2. The maximum absolute atomic E-state index is 13.1. The lowest BCUT2D eigenvalue weighted by atomic mass is 10.2. The number of nitrogens with zero attached hydrogens (tertiary/aromatic N) is 3. The summed E-state index contributed by atoms with van der Waals surface area (Å²) in [6.45, 7) is 1.24. The Morgan fingerprint density at radius 1 is 1.19 bits per heavy atom. The number of halogens is 3. The molecule has 0 saturated heterocycles. The molecule has 3 rings (SSSR count). The number of carbonyl (C=O) groups is 3. The van der Waals surface area contributed by atoms with E-state index >= 15 is 0 Å². The molecule has 0 fully saturated rings. The van der Waals surface area contributed by atoms with Crippen molar-refractivity contribution in [3.05, 3.63) is 53.2 Å². The Bertz CT molecular complexity index is 1140. The molecule has 0 aliphatic rings. The van der Waals surface area contributed by atoms with Crippen molar-refractivity contribution in [2.45, 2.75) is 19.2 Å². The Hall–Kier alpha value is -3.74. The van der Waals surface area contributed by atoms with Crippen molar-refractivity contribution >= 4 is 29.2 Å². The number of imide groups is 1.